The number of aromatic amines is 1. The quantitative estimate of drug-likeness (QED) is 0.795. The molecule has 2 rings (SSSR count). The number of nitriles is 1. The Kier molecular flexibility index (Phi) is 4.44. The van der Waals surface area contributed by atoms with Crippen molar-refractivity contribution >= 4 is 12.2 Å². The summed E-state index contributed by atoms with van der Waals surface area (Å²) in [5.41, 5.74) is 3.45. The Morgan fingerprint density at radius 2 is 2.14 bits per heavy atom. The molecule has 0 aliphatic heterocycles. The maximum absolute atomic E-state index is 8.94. The van der Waals surface area contributed by atoms with Crippen LogP contribution in [0.4, 0.5) is 0 Å². The second kappa shape index (κ2) is 6.46. The molecule has 1 N–H and O–H groups in total. The molecular formula is C19H16N2. The summed E-state index contributed by atoms with van der Waals surface area (Å²) in [5, 5.41) is 10.8. The number of rotatable bonds is 1. The molecule has 2 nitrogen and oxygen atoms in total. The van der Waals surface area contributed by atoms with Crippen LogP contribution in [-0.4, -0.2) is 4.98 Å². The maximum atomic E-state index is 8.94. The first kappa shape index (κ1) is 14.4. The van der Waals surface area contributed by atoms with Crippen LogP contribution in [0.25, 0.3) is 12.2 Å². The topological polar surface area (TPSA) is 39.6 Å². The first-order chi connectivity index (χ1) is 10.2. The zero-order valence-electron chi connectivity index (χ0n) is 12.2. The first-order valence-corrected chi connectivity index (χ1v) is 6.68. The van der Waals surface area contributed by atoms with E-state index in [1.54, 1.807) is 6.07 Å². The fourth-order valence-electron chi connectivity index (χ4n) is 2.03. The summed E-state index contributed by atoms with van der Waals surface area (Å²) < 4.78 is 0. The minimum Gasteiger partial charge on any atom is -0.362 e. The zero-order valence-corrected chi connectivity index (χ0v) is 12.2. The van der Waals surface area contributed by atoms with E-state index >= 15 is 0 Å². The average Bonchev–Trinajstić information content (AvgIpc) is 2.90. The van der Waals surface area contributed by atoms with Crippen LogP contribution in [-0.2, 0) is 0 Å². The standard InChI is InChI=1S/C19H16N2/c1-4-5-17(19-10-11-21-15(19)3)8-6-16-7-9-18(13-20)14(2)12-16/h4-5,7,9-12,21H,3H2,1-2H3/b5-4-,19-17+. The smallest absolute Gasteiger partial charge is 0.0994 e. The van der Waals surface area contributed by atoms with Gasteiger partial charge in [-0.25, -0.2) is 0 Å². The lowest BCUT2D eigenvalue weighted by molar-refractivity contribution is 1.32. The molecule has 1 heterocycles. The monoisotopic (exact) mass is 272 g/mol. The third kappa shape index (κ3) is 3.32. The van der Waals surface area contributed by atoms with Gasteiger partial charge >= 0.3 is 0 Å². The number of H-pyrrole nitrogens is 1. The van der Waals surface area contributed by atoms with Gasteiger partial charge in [0.15, 0.2) is 0 Å². The minimum atomic E-state index is 0.684. The van der Waals surface area contributed by atoms with Gasteiger partial charge in [-0.05, 0) is 43.7 Å². The summed E-state index contributed by atoms with van der Waals surface area (Å²) in [7, 11) is 0. The molecule has 102 valence electrons. The van der Waals surface area contributed by atoms with Gasteiger partial charge in [0.25, 0.3) is 0 Å². The Bertz CT molecular complexity index is 894. The Hall–Kier alpha value is -2.97. The molecule has 21 heavy (non-hydrogen) atoms. The van der Waals surface area contributed by atoms with Crippen molar-refractivity contribution < 1.29 is 0 Å². The molecule has 0 saturated carbocycles. The van der Waals surface area contributed by atoms with Crippen molar-refractivity contribution in [1.29, 1.82) is 5.26 Å². The van der Waals surface area contributed by atoms with Gasteiger partial charge < -0.3 is 4.98 Å². The van der Waals surface area contributed by atoms with E-state index in [1.807, 2.05) is 50.4 Å². The molecule has 0 radical (unpaired) electrons. The summed E-state index contributed by atoms with van der Waals surface area (Å²) in [6.45, 7) is 7.84. The van der Waals surface area contributed by atoms with Crippen molar-refractivity contribution in [3.63, 3.8) is 0 Å². The molecule has 0 unspecified atom stereocenters. The Labute approximate surface area is 124 Å². The van der Waals surface area contributed by atoms with Crippen LogP contribution < -0.4 is 10.6 Å². The van der Waals surface area contributed by atoms with Crippen molar-refractivity contribution in [2.45, 2.75) is 13.8 Å². The minimum absolute atomic E-state index is 0.684. The lowest BCUT2D eigenvalue weighted by atomic mass is 10.1. The van der Waals surface area contributed by atoms with E-state index in [0.717, 1.165) is 27.3 Å². The van der Waals surface area contributed by atoms with Crippen LogP contribution in [0.3, 0.4) is 0 Å². The molecule has 0 spiro atoms. The van der Waals surface area contributed by atoms with Crippen molar-refractivity contribution in [2.75, 3.05) is 0 Å². The SMILES string of the molecule is C=c1[nH]cc/c1=C(C#Cc1ccc(C#N)c(C)c1)/C=C\C. The molecule has 0 aliphatic rings. The lowest BCUT2D eigenvalue weighted by Crippen LogP contribution is -2.22. The second-order valence-corrected chi connectivity index (χ2v) is 4.68. The van der Waals surface area contributed by atoms with Gasteiger partial charge in [0.1, 0.15) is 0 Å². The van der Waals surface area contributed by atoms with Crippen molar-refractivity contribution in [2.24, 2.45) is 0 Å². The predicted molar refractivity (Wildman–Crippen MR) is 86.6 cm³/mol. The largest absolute Gasteiger partial charge is 0.362 e. The van der Waals surface area contributed by atoms with Crippen molar-refractivity contribution in [3.05, 3.63) is 69.9 Å². The summed E-state index contributed by atoms with van der Waals surface area (Å²) in [5.74, 6) is 6.33. The predicted octanol–water partition coefficient (Wildman–Crippen LogP) is 2.38. The number of benzene rings is 1. The summed E-state index contributed by atoms with van der Waals surface area (Å²) >= 11 is 0. The van der Waals surface area contributed by atoms with Crippen LogP contribution in [0.5, 0.6) is 0 Å². The van der Waals surface area contributed by atoms with Gasteiger partial charge in [-0.1, -0.05) is 30.6 Å². The van der Waals surface area contributed by atoms with Crippen LogP contribution in [0.2, 0.25) is 0 Å². The highest BCUT2D eigenvalue weighted by Crippen LogP contribution is 2.09. The summed E-state index contributed by atoms with van der Waals surface area (Å²) in [6.07, 6.45) is 5.79. The number of nitrogens with one attached hydrogen (secondary N) is 1. The number of allylic oxidation sites excluding steroid dienone is 2. The number of nitrogens with zero attached hydrogens (tertiary/aromatic N) is 1. The summed E-state index contributed by atoms with van der Waals surface area (Å²) in [6, 6.07) is 9.73. The number of hydrogen-bond donors (Lipinski definition) is 1. The first-order valence-electron chi connectivity index (χ1n) is 6.68. The molecule has 1 aromatic heterocycles. The van der Waals surface area contributed by atoms with Gasteiger partial charge in [0.05, 0.1) is 11.6 Å². The van der Waals surface area contributed by atoms with Gasteiger partial charge in [-0.15, -0.1) is 0 Å². The fraction of sp³-hybridized carbons (Fsp3) is 0.105. The number of aryl methyl sites for hydroxylation is 1. The molecular weight excluding hydrogens is 256 g/mol. The van der Waals surface area contributed by atoms with E-state index in [2.05, 4.69) is 29.5 Å². The molecule has 2 heteroatoms. The molecule has 0 bridgehead atoms. The second-order valence-electron chi connectivity index (χ2n) is 4.68. The highest BCUT2D eigenvalue weighted by atomic mass is 14.6. The van der Waals surface area contributed by atoms with Crippen molar-refractivity contribution in [3.8, 4) is 17.9 Å². The molecule has 0 aliphatic carbocycles. The Balaban J connectivity index is 2.51. The van der Waals surface area contributed by atoms with Crippen LogP contribution in [0.1, 0.15) is 23.6 Å². The highest BCUT2D eigenvalue weighted by molar-refractivity contribution is 5.73. The third-order valence-corrected chi connectivity index (χ3v) is 3.14. The van der Waals surface area contributed by atoms with E-state index in [0.29, 0.717) is 5.56 Å². The molecule has 1 aromatic carbocycles. The zero-order chi connectivity index (χ0) is 15.2. The fourth-order valence-corrected chi connectivity index (χ4v) is 2.03. The van der Waals surface area contributed by atoms with Crippen molar-refractivity contribution in [1.82, 2.24) is 4.98 Å². The Morgan fingerprint density at radius 1 is 1.33 bits per heavy atom. The van der Waals surface area contributed by atoms with Gasteiger partial charge in [-0.2, -0.15) is 5.26 Å². The van der Waals surface area contributed by atoms with Crippen LogP contribution >= 0.6 is 0 Å². The van der Waals surface area contributed by atoms with Crippen LogP contribution in [0.15, 0.2) is 42.6 Å². The van der Waals surface area contributed by atoms with Crippen LogP contribution in [0, 0.1) is 30.1 Å². The van der Waals surface area contributed by atoms with E-state index in [-0.39, 0.29) is 0 Å². The molecule has 0 saturated heterocycles. The molecule has 0 fully saturated rings. The molecule has 0 amide bonds. The number of hydrogen-bond acceptors (Lipinski definition) is 1. The molecule has 2 aromatic rings. The average molecular weight is 272 g/mol. The normalized spacial score (nSPS) is 11.7. The molecule has 0 atom stereocenters. The summed E-state index contributed by atoms with van der Waals surface area (Å²) in [4.78, 5) is 3.06. The highest BCUT2D eigenvalue weighted by Gasteiger charge is 1.97. The van der Waals surface area contributed by atoms with E-state index in [4.69, 9.17) is 5.26 Å². The van der Waals surface area contributed by atoms with E-state index < -0.39 is 0 Å². The van der Waals surface area contributed by atoms with Gasteiger partial charge in [-0.3, -0.25) is 0 Å². The van der Waals surface area contributed by atoms with E-state index in [9.17, 15) is 0 Å². The number of aromatic nitrogens is 1. The van der Waals surface area contributed by atoms with Gasteiger partial charge in [0.2, 0.25) is 0 Å². The van der Waals surface area contributed by atoms with E-state index in [1.165, 1.54) is 0 Å². The lowest BCUT2D eigenvalue weighted by Gasteiger charge is -1.97. The van der Waals surface area contributed by atoms with Gasteiger partial charge in [0, 0.05) is 27.9 Å². The third-order valence-electron chi connectivity index (χ3n) is 3.14. The Morgan fingerprint density at radius 3 is 2.71 bits per heavy atom. The maximum Gasteiger partial charge on any atom is 0.0994 e.